The standard InChI is InChI=1S/C15H11F2N3O/c16-12-6-11(8-19-9-12)15(21)20-13-3-4-14(17)10(7-13)2-1-5-18/h3-4,6-9H,5,18H2,(H,20,21). The Morgan fingerprint density at radius 1 is 1.29 bits per heavy atom. The number of nitrogens with one attached hydrogen (secondary N) is 1. The number of hydrogen-bond acceptors (Lipinski definition) is 3. The van der Waals surface area contributed by atoms with Crippen LogP contribution in [0.25, 0.3) is 0 Å². The summed E-state index contributed by atoms with van der Waals surface area (Å²) < 4.78 is 26.5. The van der Waals surface area contributed by atoms with Crippen LogP contribution in [0.4, 0.5) is 14.5 Å². The second-order valence-corrected chi connectivity index (χ2v) is 4.05. The zero-order valence-corrected chi connectivity index (χ0v) is 10.9. The van der Waals surface area contributed by atoms with Gasteiger partial charge in [-0.05, 0) is 24.3 Å². The first-order valence-corrected chi connectivity index (χ1v) is 6.00. The number of nitrogens with two attached hydrogens (primary N) is 1. The number of pyridine rings is 1. The molecule has 2 rings (SSSR count). The van der Waals surface area contributed by atoms with Gasteiger partial charge in [0.05, 0.1) is 23.9 Å². The van der Waals surface area contributed by atoms with Gasteiger partial charge < -0.3 is 11.1 Å². The Morgan fingerprint density at radius 2 is 2.10 bits per heavy atom. The van der Waals surface area contributed by atoms with Crippen molar-refractivity contribution in [1.82, 2.24) is 4.98 Å². The molecule has 0 fully saturated rings. The van der Waals surface area contributed by atoms with Crippen LogP contribution in [0.5, 0.6) is 0 Å². The first kappa shape index (κ1) is 14.6. The minimum Gasteiger partial charge on any atom is -0.322 e. The van der Waals surface area contributed by atoms with Crippen molar-refractivity contribution >= 4 is 11.6 Å². The number of anilines is 1. The molecule has 0 spiro atoms. The van der Waals surface area contributed by atoms with Crippen molar-refractivity contribution < 1.29 is 13.6 Å². The van der Waals surface area contributed by atoms with E-state index in [9.17, 15) is 13.6 Å². The van der Waals surface area contributed by atoms with Gasteiger partial charge in [-0.25, -0.2) is 8.78 Å². The maximum atomic E-state index is 13.5. The van der Waals surface area contributed by atoms with Gasteiger partial charge in [-0.15, -0.1) is 0 Å². The monoisotopic (exact) mass is 287 g/mol. The number of nitrogens with zero attached hydrogens (tertiary/aromatic N) is 1. The van der Waals surface area contributed by atoms with Crippen LogP contribution in [0.1, 0.15) is 15.9 Å². The SMILES string of the molecule is NCC#Cc1cc(NC(=O)c2cncc(F)c2)ccc1F. The van der Waals surface area contributed by atoms with E-state index in [1.54, 1.807) is 0 Å². The lowest BCUT2D eigenvalue weighted by Gasteiger charge is -2.06. The van der Waals surface area contributed by atoms with Crippen LogP contribution in [-0.2, 0) is 0 Å². The molecule has 0 unspecified atom stereocenters. The van der Waals surface area contributed by atoms with Gasteiger partial charge >= 0.3 is 0 Å². The molecular formula is C15H11F2N3O. The number of aromatic nitrogens is 1. The van der Waals surface area contributed by atoms with E-state index in [-0.39, 0.29) is 17.7 Å². The zero-order valence-electron chi connectivity index (χ0n) is 10.9. The van der Waals surface area contributed by atoms with Crippen LogP contribution in [0.3, 0.4) is 0 Å². The summed E-state index contributed by atoms with van der Waals surface area (Å²) in [4.78, 5) is 15.5. The van der Waals surface area contributed by atoms with E-state index in [2.05, 4.69) is 22.1 Å². The Morgan fingerprint density at radius 3 is 2.81 bits per heavy atom. The third-order valence-corrected chi connectivity index (χ3v) is 2.52. The molecule has 1 amide bonds. The van der Waals surface area contributed by atoms with Crippen molar-refractivity contribution in [2.24, 2.45) is 5.73 Å². The predicted molar refractivity (Wildman–Crippen MR) is 74.5 cm³/mol. The van der Waals surface area contributed by atoms with Crippen LogP contribution in [0.2, 0.25) is 0 Å². The molecule has 0 atom stereocenters. The van der Waals surface area contributed by atoms with E-state index in [1.807, 2.05) is 0 Å². The third-order valence-electron chi connectivity index (χ3n) is 2.52. The molecule has 21 heavy (non-hydrogen) atoms. The minimum absolute atomic E-state index is 0.0638. The second-order valence-electron chi connectivity index (χ2n) is 4.05. The van der Waals surface area contributed by atoms with Crippen LogP contribution >= 0.6 is 0 Å². The van der Waals surface area contributed by atoms with E-state index in [0.29, 0.717) is 5.69 Å². The molecule has 0 saturated heterocycles. The van der Waals surface area contributed by atoms with Gasteiger partial charge in [-0.2, -0.15) is 0 Å². The number of carbonyl (C=O) groups excluding carboxylic acids is 1. The summed E-state index contributed by atoms with van der Waals surface area (Å²) in [6, 6.07) is 5.00. The van der Waals surface area contributed by atoms with E-state index in [0.717, 1.165) is 12.3 Å². The predicted octanol–water partition coefficient (Wildman–Crippen LogP) is 1.92. The lowest BCUT2D eigenvalue weighted by Crippen LogP contribution is -2.12. The van der Waals surface area contributed by atoms with Crippen LogP contribution in [-0.4, -0.2) is 17.4 Å². The largest absolute Gasteiger partial charge is 0.322 e. The second kappa shape index (κ2) is 6.59. The van der Waals surface area contributed by atoms with Crippen LogP contribution in [0, 0.1) is 23.5 Å². The van der Waals surface area contributed by atoms with E-state index in [4.69, 9.17) is 5.73 Å². The molecule has 106 valence electrons. The molecule has 1 aromatic heterocycles. The smallest absolute Gasteiger partial charge is 0.257 e. The van der Waals surface area contributed by atoms with Gasteiger partial charge in [0.1, 0.15) is 11.6 Å². The molecule has 2 aromatic rings. The summed E-state index contributed by atoms with van der Waals surface area (Å²) in [5, 5.41) is 2.52. The quantitative estimate of drug-likeness (QED) is 0.829. The highest BCUT2D eigenvalue weighted by Crippen LogP contribution is 2.15. The number of halogens is 2. The Hall–Kier alpha value is -2.78. The van der Waals surface area contributed by atoms with Gasteiger partial charge in [-0.3, -0.25) is 9.78 Å². The summed E-state index contributed by atoms with van der Waals surface area (Å²) in [7, 11) is 0. The first-order valence-electron chi connectivity index (χ1n) is 6.00. The fourth-order valence-corrected chi connectivity index (χ4v) is 1.58. The van der Waals surface area contributed by atoms with E-state index >= 15 is 0 Å². The Kier molecular flexibility index (Phi) is 4.59. The molecule has 3 N–H and O–H groups in total. The fraction of sp³-hybridized carbons (Fsp3) is 0.0667. The lowest BCUT2D eigenvalue weighted by molar-refractivity contribution is 0.102. The first-order chi connectivity index (χ1) is 10.1. The molecule has 0 saturated carbocycles. The van der Waals surface area contributed by atoms with Gasteiger partial charge in [0.2, 0.25) is 0 Å². The molecule has 0 radical (unpaired) electrons. The van der Waals surface area contributed by atoms with Crippen molar-refractivity contribution in [2.45, 2.75) is 0 Å². The Balaban J connectivity index is 2.21. The Labute approximate surface area is 120 Å². The zero-order chi connectivity index (χ0) is 15.2. The lowest BCUT2D eigenvalue weighted by atomic mass is 10.1. The molecular weight excluding hydrogens is 276 g/mol. The van der Waals surface area contributed by atoms with Crippen LogP contribution in [0.15, 0.2) is 36.7 Å². The maximum Gasteiger partial charge on any atom is 0.257 e. The normalized spacial score (nSPS) is 9.67. The minimum atomic E-state index is -0.615. The molecule has 0 aliphatic carbocycles. The molecule has 0 aliphatic rings. The number of carbonyl (C=O) groups is 1. The maximum absolute atomic E-state index is 13.5. The van der Waals surface area contributed by atoms with Crippen molar-refractivity contribution in [2.75, 3.05) is 11.9 Å². The molecule has 6 heteroatoms. The number of benzene rings is 1. The molecule has 0 bridgehead atoms. The highest BCUT2D eigenvalue weighted by Gasteiger charge is 2.09. The van der Waals surface area contributed by atoms with Crippen molar-refractivity contribution in [3.05, 3.63) is 59.4 Å². The van der Waals surface area contributed by atoms with Crippen molar-refractivity contribution in [1.29, 1.82) is 0 Å². The third kappa shape index (κ3) is 3.84. The fourth-order valence-electron chi connectivity index (χ4n) is 1.58. The Bertz CT molecular complexity index is 735. The topological polar surface area (TPSA) is 68.0 Å². The van der Waals surface area contributed by atoms with E-state index < -0.39 is 17.5 Å². The number of rotatable bonds is 2. The highest BCUT2D eigenvalue weighted by molar-refractivity contribution is 6.04. The van der Waals surface area contributed by atoms with Gasteiger partial charge in [0.25, 0.3) is 5.91 Å². The summed E-state index contributed by atoms with van der Waals surface area (Å²) in [5.41, 5.74) is 5.75. The van der Waals surface area contributed by atoms with Gasteiger partial charge in [-0.1, -0.05) is 11.8 Å². The molecule has 0 aliphatic heterocycles. The molecule has 1 heterocycles. The molecule has 1 aromatic carbocycles. The van der Waals surface area contributed by atoms with Gasteiger partial charge in [0, 0.05) is 11.9 Å². The number of hydrogen-bond donors (Lipinski definition) is 2. The average molecular weight is 287 g/mol. The van der Waals surface area contributed by atoms with Crippen molar-refractivity contribution in [3.8, 4) is 11.8 Å². The van der Waals surface area contributed by atoms with Gasteiger partial charge in [0.15, 0.2) is 0 Å². The molecule has 4 nitrogen and oxygen atoms in total. The number of amides is 1. The summed E-state index contributed by atoms with van der Waals surface area (Å²) in [6.45, 7) is 0.102. The summed E-state index contributed by atoms with van der Waals surface area (Å²) >= 11 is 0. The average Bonchev–Trinajstić information content (AvgIpc) is 2.47. The van der Waals surface area contributed by atoms with Crippen LogP contribution < -0.4 is 11.1 Å². The highest BCUT2D eigenvalue weighted by atomic mass is 19.1. The van der Waals surface area contributed by atoms with E-state index in [1.165, 1.54) is 24.4 Å². The van der Waals surface area contributed by atoms with Crippen molar-refractivity contribution in [3.63, 3.8) is 0 Å². The summed E-state index contributed by atoms with van der Waals surface area (Å²) in [5.74, 6) is 3.42. The summed E-state index contributed by atoms with van der Waals surface area (Å²) in [6.07, 6.45) is 2.23.